The Morgan fingerprint density at radius 3 is 2.76 bits per heavy atom. The number of aromatic nitrogens is 3. The molecule has 114 valence electrons. The third kappa shape index (κ3) is 4.29. The van der Waals surface area contributed by atoms with Crippen LogP contribution in [0.5, 0.6) is 0 Å². The minimum Gasteiger partial charge on any atom is -0.310 e. The minimum absolute atomic E-state index is 0.205. The molecule has 0 amide bonds. The summed E-state index contributed by atoms with van der Waals surface area (Å²) >= 11 is 6.21. The van der Waals surface area contributed by atoms with Gasteiger partial charge in [0.25, 0.3) is 0 Å². The first kappa shape index (κ1) is 16.0. The van der Waals surface area contributed by atoms with Crippen molar-refractivity contribution in [2.24, 2.45) is 0 Å². The van der Waals surface area contributed by atoms with Gasteiger partial charge in [-0.2, -0.15) is 5.10 Å². The van der Waals surface area contributed by atoms with Crippen molar-refractivity contribution in [3.8, 4) is 0 Å². The van der Waals surface area contributed by atoms with Crippen LogP contribution in [-0.4, -0.2) is 21.3 Å². The molecule has 1 unspecified atom stereocenters. The van der Waals surface area contributed by atoms with E-state index in [1.807, 2.05) is 16.8 Å². The monoisotopic (exact) mass is 306 g/mol. The number of benzene rings is 1. The molecule has 1 atom stereocenters. The summed E-state index contributed by atoms with van der Waals surface area (Å²) in [5.74, 6) is 1.00. The summed E-state index contributed by atoms with van der Waals surface area (Å²) in [5.41, 5.74) is 2.39. The molecule has 0 aliphatic rings. The highest BCUT2D eigenvalue weighted by Crippen LogP contribution is 2.23. The zero-order valence-electron chi connectivity index (χ0n) is 12.9. The maximum Gasteiger partial charge on any atom is 0.138 e. The quantitative estimate of drug-likeness (QED) is 0.851. The van der Waals surface area contributed by atoms with Crippen molar-refractivity contribution >= 4 is 11.6 Å². The molecule has 0 radical (unpaired) electrons. The Balaban J connectivity index is 2.25. The maximum atomic E-state index is 6.21. The molecule has 0 aliphatic carbocycles. The molecule has 1 N–H and O–H groups in total. The van der Waals surface area contributed by atoms with Crippen molar-refractivity contribution in [1.29, 1.82) is 0 Å². The largest absolute Gasteiger partial charge is 0.310 e. The molecule has 2 rings (SSSR count). The predicted octanol–water partition coefficient (Wildman–Crippen LogP) is 3.54. The molecular weight excluding hydrogens is 284 g/mol. The van der Waals surface area contributed by atoms with Crippen LogP contribution >= 0.6 is 11.6 Å². The first-order chi connectivity index (χ1) is 10.1. The van der Waals surface area contributed by atoms with E-state index < -0.39 is 0 Å². The molecular formula is C16H23ClN4. The summed E-state index contributed by atoms with van der Waals surface area (Å²) in [5, 5.41) is 8.62. The van der Waals surface area contributed by atoms with Gasteiger partial charge in [-0.25, -0.2) is 4.98 Å². The molecule has 0 spiro atoms. The van der Waals surface area contributed by atoms with Gasteiger partial charge < -0.3 is 5.32 Å². The standard InChI is InChI=1S/C16H23ClN4/c1-4-6-18-15(10-16-19-11-20-21(16)5-2)13-7-12(3)8-14(17)9-13/h7-9,11,15,18H,4-6,10H2,1-3H3. The van der Waals surface area contributed by atoms with Gasteiger partial charge in [0, 0.05) is 24.0 Å². The van der Waals surface area contributed by atoms with E-state index in [-0.39, 0.29) is 6.04 Å². The SMILES string of the molecule is CCCNC(Cc1ncnn1CC)c1cc(C)cc(Cl)c1. The van der Waals surface area contributed by atoms with E-state index in [1.165, 1.54) is 11.1 Å². The summed E-state index contributed by atoms with van der Waals surface area (Å²) in [7, 11) is 0. The van der Waals surface area contributed by atoms with E-state index in [4.69, 9.17) is 11.6 Å². The van der Waals surface area contributed by atoms with Gasteiger partial charge in [0.2, 0.25) is 0 Å². The molecule has 1 aromatic heterocycles. The second-order valence-electron chi connectivity index (χ2n) is 5.26. The van der Waals surface area contributed by atoms with E-state index in [0.29, 0.717) is 0 Å². The van der Waals surface area contributed by atoms with Crippen LogP contribution in [0.1, 0.15) is 43.3 Å². The Morgan fingerprint density at radius 2 is 2.10 bits per heavy atom. The van der Waals surface area contributed by atoms with E-state index in [9.17, 15) is 0 Å². The van der Waals surface area contributed by atoms with Crippen LogP contribution < -0.4 is 5.32 Å². The van der Waals surface area contributed by atoms with Crippen molar-refractivity contribution in [2.45, 2.75) is 46.2 Å². The summed E-state index contributed by atoms with van der Waals surface area (Å²) < 4.78 is 1.94. The molecule has 21 heavy (non-hydrogen) atoms. The molecule has 0 fully saturated rings. The molecule has 2 aromatic rings. The fourth-order valence-corrected chi connectivity index (χ4v) is 2.78. The van der Waals surface area contributed by atoms with E-state index >= 15 is 0 Å². The second-order valence-corrected chi connectivity index (χ2v) is 5.70. The highest BCUT2D eigenvalue weighted by Gasteiger charge is 2.16. The van der Waals surface area contributed by atoms with Gasteiger partial charge in [-0.15, -0.1) is 0 Å². The lowest BCUT2D eigenvalue weighted by Crippen LogP contribution is -2.25. The highest BCUT2D eigenvalue weighted by molar-refractivity contribution is 6.30. The maximum absolute atomic E-state index is 6.21. The molecule has 0 aliphatic heterocycles. The van der Waals surface area contributed by atoms with Crippen LogP contribution in [0.15, 0.2) is 24.5 Å². The number of hydrogen-bond acceptors (Lipinski definition) is 3. The molecule has 1 heterocycles. The molecule has 0 saturated carbocycles. The van der Waals surface area contributed by atoms with Gasteiger partial charge in [-0.1, -0.05) is 24.6 Å². The van der Waals surface area contributed by atoms with Crippen LogP contribution in [0.3, 0.4) is 0 Å². The Labute approximate surface area is 131 Å². The summed E-state index contributed by atoms with van der Waals surface area (Å²) in [6.07, 6.45) is 3.53. The summed E-state index contributed by atoms with van der Waals surface area (Å²) in [4.78, 5) is 4.38. The third-order valence-corrected chi connectivity index (χ3v) is 3.71. The Bertz CT molecular complexity index is 559. The number of rotatable bonds is 7. The van der Waals surface area contributed by atoms with Gasteiger partial charge in [0.05, 0.1) is 0 Å². The molecule has 4 nitrogen and oxygen atoms in total. The fourth-order valence-electron chi connectivity index (χ4n) is 2.49. The normalized spacial score (nSPS) is 12.6. The fraction of sp³-hybridized carbons (Fsp3) is 0.500. The van der Waals surface area contributed by atoms with Crippen molar-refractivity contribution in [1.82, 2.24) is 20.1 Å². The lowest BCUT2D eigenvalue weighted by Gasteiger charge is -2.19. The number of aryl methyl sites for hydroxylation is 2. The van der Waals surface area contributed by atoms with Crippen LogP contribution in [0.2, 0.25) is 5.02 Å². The molecule has 0 saturated heterocycles. The van der Waals surface area contributed by atoms with Crippen molar-refractivity contribution in [3.63, 3.8) is 0 Å². The topological polar surface area (TPSA) is 42.7 Å². The van der Waals surface area contributed by atoms with Gasteiger partial charge in [-0.05, 0) is 50.1 Å². The average molecular weight is 307 g/mol. The minimum atomic E-state index is 0.205. The van der Waals surface area contributed by atoms with Crippen molar-refractivity contribution < 1.29 is 0 Å². The van der Waals surface area contributed by atoms with Gasteiger partial charge in [0.1, 0.15) is 12.2 Å². The zero-order valence-corrected chi connectivity index (χ0v) is 13.7. The van der Waals surface area contributed by atoms with E-state index in [2.05, 4.69) is 42.2 Å². The molecule has 5 heteroatoms. The Kier molecular flexibility index (Phi) is 5.76. The second kappa shape index (κ2) is 7.57. The number of nitrogens with one attached hydrogen (secondary N) is 1. The van der Waals surface area contributed by atoms with Crippen molar-refractivity contribution in [2.75, 3.05) is 6.54 Å². The predicted molar refractivity (Wildman–Crippen MR) is 86.6 cm³/mol. The lowest BCUT2D eigenvalue weighted by molar-refractivity contribution is 0.496. The number of hydrogen-bond donors (Lipinski definition) is 1. The van der Waals surface area contributed by atoms with E-state index in [0.717, 1.165) is 36.8 Å². The van der Waals surface area contributed by atoms with Crippen LogP contribution in [0.4, 0.5) is 0 Å². The smallest absolute Gasteiger partial charge is 0.138 e. The number of halogens is 1. The van der Waals surface area contributed by atoms with E-state index in [1.54, 1.807) is 6.33 Å². The van der Waals surface area contributed by atoms with Gasteiger partial charge >= 0.3 is 0 Å². The first-order valence-corrected chi connectivity index (χ1v) is 7.89. The van der Waals surface area contributed by atoms with Gasteiger partial charge in [0.15, 0.2) is 0 Å². The summed E-state index contributed by atoms with van der Waals surface area (Å²) in [6.45, 7) is 8.12. The Morgan fingerprint density at radius 1 is 1.29 bits per heavy atom. The van der Waals surface area contributed by atoms with Crippen LogP contribution in [-0.2, 0) is 13.0 Å². The van der Waals surface area contributed by atoms with Crippen molar-refractivity contribution in [3.05, 3.63) is 46.5 Å². The lowest BCUT2D eigenvalue weighted by atomic mass is 10.0. The average Bonchev–Trinajstić information content (AvgIpc) is 2.89. The summed E-state index contributed by atoms with van der Waals surface area (Å²) in [6, 6.07) is 6.41. The number of nitrogens with zero attached hydrogens (tertiary/aromatic N) is 3. The third-order valence-electron chi connectivity index (χ3n) is 3.49. The Hall–Kier alpha value is -1.39. The highest BCUT2D eigenvalue weighted by atomic mass is 35.5. The van der Waals surface area contributed by atoms with Gasteiger partial charge in [-0.3, -0.25) is 4.68 Å². The molecule has 1 aromatic carbocycles. The molecule has 0 bridgehead atoms. The zero-order chi connectivity index (χ0) is 15.2. The van der Waals surface area contributed by atoms with Crippen LogP contribution in [0.25, 0.3) is 0 Å². The van der Waals surface area contributed by atoms with Crippen LogP contribution in [0, 0.1) is 6.92 Å². The first-order valence-electron chi connectivity index (χ1n) is 7.51.